The molecule has 150 valence electrons. The molecule has 0 aliphatic carbocycles. The topological polar surface area (TPSA) is 48.9 Å². The van der Waals surface area contributed by atoms with Crippen molar-refractivity contribution < 1.29 is 9.13 Å². The van der Waals surface area contributed by atoms with E-state index in [0.29, 0.717) is 26.3 Å². The van der Waals surface area contributed by atoms with Crippen LogP contribution in [-0.4, -0.2) is 50.8 Å². The Morgan fingerprint density at radius 2 is 1.89 bits per heavy atom. The molecule has 0 bridgehead atoms. The molecule has 3 rings (SSSR count). The van der Waals surface area contributed by atoms with Gasteiger partial charge < -0.3 is 15.4 Å². The summed E-state index contributed by atoms with van der Waals surface area (Å²) in [6, 6.07) is 15.3. The first-order valence-electron chi connectivity index (χ1n) is 9.73. The summed E-state index contributed by atoms with van der Waals surface area (Å²) in [6.45, 7) is 6.48. The maximum atomic E-state index is 13.8. The third-order valence-electron chi connectivity index (χ3n) is 4.99. The van der Waals surface area contributed by atoms with E-state index >= 15 is 0 Å². The van der Waals surface area contributed by atoms with E-state index in [1.54, 1.807) is 19.2 Å². The molecule has 2 N–H and O–H groups in total. The van der Waals surface area contributed by atoms with Gasteiger partial charge in [0.1, 0.15) is 5.82 Å². The monoisotopic (exact) mass is 384 g/mol. The number of benzene rings is 2. The summed E-state index contributed by atoms with van der Waals surface area (Å²) in [4.78, 5) is 6.66. The van der Waals surface area contributed by atoms with Gasteiger partial charge in [0.2, 0.25) is 0 Å². The zero-order valence-corrected chi connectivity index (χ0v) is 16.6. The Hall–Kier alpha value is -2.44. The van der Waals surface area contributed by atoms with Gasteiger partial charge in [-0.25, -0.2) is 4.39 Å². The number of aryl methyl sites for hydroxylation is 1. The Labute approximate surface area is 166 Å². The molecule has 0 spiro atoms. The number of morpholine rings is 1. The van der Waals surface area contributed by atoms with Gasteiger partial charge in [0, 0.05) is 33.2 Å². The molecule has 1 heterocycles. The number of hydrogen-bond donors (Lipinski definition) is 2. The highest BCUT2D eigenvalue weighted by molar-refractivity contribution is 5.79. The van der Waals surface area contributed by atoms with E-state index in [0.717, 1.165) is 24.6 Å². The lowest BCUT2D eigenvalue weighted by Gasteiger charge is -2.35. The van der Waals surface area contributed by atoms with Crippen molar-refractivity contribution in [2.75, 3.05) is 39.9 Å². The minimum atomic E-state index is -0.211. The van der Waals surface area contributed by atoms with Crippen LogP contribution in [0.4, 0.5) is 4.39 Å². The first-order valence-corrected chi connectivity index (χ1v) is 9.73. The van der Waals surface area contributed by atoms with E-state index in [1.807, 2.05) is 6.07 Å². The molecule has 0 aromatic heterocycles. The molecule has 2 aromatic rings. The fourth-order valence-corrected chi connectivity index (χ4v) is 3.37. The summed E-state index contributed by atoms with van der Waals surface area (Å²) >= 11 is 0. The lowest BCUT2D eigenvalue weighted by atomic mass is 10.0. The van der Waals surface area contributed by atoms with Gasteiger partial charge >= 0.3 is 0 Å². The smallest absolute Gasteiger partial charge is 0.191 e. The van der Waals surface area contributed by atoms with Gasteiger partial charge in [-0.1, -0.05) is 42.0 Å². The lowest BCUT2D eigenvalue weighted by Crippen LogP contribution is -2.46. The largest absolute Gasteiger partial charge is 0.379 e. The number of guanidine groups is 1. The summed E-state index contributed by atoms with van der Waals surface area (Å²) in [6.07, 6.45) is 0. The molecule has 1 aliphatic rings. The summed E-state index contributed by atoms with van der Waals surface area (Å²) in [5, 5.41) is 6.75. The Bertz CT molecular complexity index is 772. The molecule has 1 aliphatic heterocycles. The molecule has 6 heteroatoms. The number of rotatable bonds is 6. The van der Waals surface area contributed by atoms with Gasteiger partial charge in [0.05, 0.1) is 19.3 Å². The van der Waals surface area contributed by atoms with Crippen LogP contribution in [-0.2, 0) is 11.3 Å². The van der Waals surface area contributed by atoms with Crippen molar-refractivity contribution in [1.82, 2.24) is 15.5 Å². The van der Waals surface area contributed by atoms with E-state index < -0.39 is 0 Å². The third-order valence-corrected chi connectivity index (χ3v) is 4.99. The van der Waals surface area contributed by atoms with Gasteiger partial charge in [-0.2, -0.15) is 0 Å². The van der Waals surface area contributed by atoms with Crippen LogP contribution in [0.15, 0.2) is 53.5 Å². The maximum Gasteiger partial charge on any atom is 0.191 e. The first kappa shape index (κ1) is 20.3. The van der Waals surface area contributed by atoms with E-state index in [4.69, 9.17) is 4.74 Å². The number of halogens is 1. The van der Waals surface area contributed by atoms with E-state index in [2.05, 4.69) is 51.7 Å². The minimum Gasteiger partial charge on any atom is -0.379 e. The average molecular weight is 384 g/mol. The van der Waals surface area contributed by atoms with Crippen molar-refractivity contribution in [2.45, 2.75) is 19.5 Å². The third kappa shape index (κ3) is 5.78. The highest BCUT2D eigenvalue weighted by Crippen LogP contribution is 2.22. The molecule has 1 fully saturated rings. The van der Waals surface area contributed by atoms with Crippen LogP contribution >= 0.6 is 0 Å². The van der Waals surface area contributed by atoms with Gasteiger partial charge in [-0.05, 0) is 30.2 Å². The van der Waals surface area contributed by atoms with Crippen molar-refractivity contribution in [1.29, 1.82) is 0 Å². The van der Waals surface area contributed by atoms with Crippen molar-refractivity contribution in [3.63, 3.8) is 0 Å². The second kappa shape index (κ2) is 10.2. The van der Waals surface area contributed by atoms with E-state index in [9.17, 15) is 4.39 Å². The van der Waals surface area contributed by atoms with Gasteiger partial charge in [-0.3, -0.25) is 9.89 Å². The van der Waals surface area contributed by atoms with Crippen molar-refractivity contribution in [3.8, 4) is 0 Å². The van der Waals surface area contributed by atoms with Crippen LogP contribution < -0.4 is 10.6 Å². The molecule has 0 radical (unpaired) electrons. The van der Waals surface area contributed by atoms with E-state index in [-0.39, 0.29) is 11.9 Å². The molecule has 2 aromatic carbocycles. The molecular formula is C22H29FN4O. The van der Waals surface area contributed by atoms with Gasteiger partial charge in [-0.15, -0.1) is 0 Å². The summed E-state index contributed by atoms with van der Waals surface area (Å²) < 4.78 is 19.3. The fourth-order valence-electron chi connectivity index (χ4n) is 3.37. The lowest BCUT2D eigenvalue weighted by molar-refractivity contribution is 0.0169. The zero-order chi connectivity index (χ0) is 19.8. The molecule has 1 saturated heterocycles. The van der Waals surface area contributed by atoms with Gasteiger partial charge in [0.15, 0.2) is 5.96 Å². The van der Waals surface area contributed by atoms with Crippen molar-refractivity contribution >= 4 is 5.96 Å². The number of nitrogens with zero attached hydrogens (tertiary/aromatic N) is 2. The molecule has 0 saturated carbocycles. The summed E-state index contributed by atoms with van der Waals surface area (Å²) in [7, 11) is 1.76. The van der Waals surface area contributed by atoms with Crippen LogP contribution in [0, 0.1) is 12.7 Å². The Morgan fingerprint density at radius 1 is 1.14 bits per heavy atom. The average Bonchev–Trinajstić information content (AvgIpc) is 2.72. The van der Waals surface area contributed by atoms with Crippen LogP contribution in [0.2, 0.25) is 0 Å². The molecule has 28 heavy (non-hydrogen) atoms. The van der Waals surface area contributed by atoms with Crippen LogP contribution in [0.25, 0.3) is 0 Å². The number of hydrogen-bond acceptors (Lipinski definition) is 3. The number of ether oxygens (including phenoxy) is 1. The van der Waals surface area contributed by atoms with Crippen molar-refractivity contribution in [3.05, 3.63) is 71.0 Å². The normalized spacial score (nSPS) is 16.6. The van der Waals surface area contributed by atoms with Crippen LogP contribution in [0.1, 0.15) is 22.7 Å². The molecule has 0 amide bonds. The first-order chi connectivity index (χ1) is 13.7. The van der Waals surface area contributed by atoms with Crippen LogP contribution in [0.5, 0.6) is 0 Å². The number of nitrogens with one attached hydrogen (secondary N) is 2. The molecular weight excluding hydrogens is 355 g/mol. The maximum absolute atomic E-state index is 13.8. The molecule has 1 unspecified atom stereocenters. The quantitative estimate of drug-likeness (QED) is 0.594. The second-order valence-corrected chi connectivity index (χ2v) is 7.01. The fraction of sp³-hybridized carbons (Fsp3) is 0.409. The predicted octanol–water partition coefficient (Wildman–Crippen LogP) is 2.87. The minimum absolute atomic E-state index is 0.0533. The summed E-state index contributed by atoms with van der Waals surface area (Å²) in [5.41, 5.74) is 3.40. The number of aliphatic imine (C=N–C) groups is 1. The standard InChI is InChI=1S/C22H29FN4O/c1-17-6-8-18(9-7-17)15-25-22(24-2)26-16-21(27-10-12-28-13-11-27)19-4-3-5-20(23)14-19/h3-9,14,21H,10-13,15-16H2,1-2H3,(H2,24,25,26). The Morgan fingerprint density at radius 3 is 2.57 bits per heavy atom. The Balaban J connectivity index is 1.63. The predicted molar refractivity (Wildman–Crippen MR) is 111 cm³/mol. The van der Waals surface area contributed by atoms with Crippen LogP contribution in [0.3, 0.4) is 0 Å². The highest BCUT2D eigenvalue weighted by Gasteiger charge is 2.23. The summed E-state index contributed by atoms with van der Waals surface area (Å²) in [5.74, 6) is 0.521. The van der Waals surface area contributed by atoms with E-state index in [1.165, 1.54) is 17.2 Å². The van der Waals surface area contributed by atoms with Crippen molar-refractivity contribution in [2.24, 2.45) is 4.99 Å². The SMILES string of the molecule is CN=C(NCc1ccc(C)cc1)NCC(c1cccc(F)c1)N1CCOCC1. The molecule has 1 atom stereocenters. The zero-order valence-electron chi connectivity index (χ0n) is 16.6. The Kier molecular flexibility index (Phi) is 7.39. The highest BCUT2D eigenvalue weighted by atomic mass is 19.1. The second-order valence-electron chi connectivity index (χ2n) is 7.01. The van der Waals surface area contributed by atoms with Gasteiger partial charge in [0.25, 0.3) is 0 Å². The molecule has 5 nitrogen and oxygen atoms in total.